The van der Waals surface area contributed by atoms with Gasteiger partial charge in [0.1, 0.15) is 0 Å². The summed E-state index contributed by atoms with van der Waals surface area (Å²) in [5.41, 5.74) is 0.403. The lowest BCUT2D eigenvalue weighted by molar-refractivity contribution is 0.0595. The van der Waals surface area contributed by atoms with Crippen LogP contribution < -0.4 is 5.56 Å². The van der Waals surface area contributed by atoms with Crippen molar-refractivity contribution in [2.75, 3.05) is 26.3 Å². The molecule has 1 amide bonds. The first-order chi connectivity index (χ1) is 15.8. The van der Waals surface area contributed by atoms with Gasteiger partial charge in [0.25, 0.3) is 5.91 Å². The average Bonchev–Trinajstić information content (AvgIpc) is 3.65. The van der Waals surface area contributed by atoms with Crippen molar-refractivity contribution in [2.45, 2.75) is 62.4 Å². The number of hydrogen-bond acceptors (Lipinski definition) is 5. The number of aromatic nitrogens is 1. The largest absolute Gasteiger partial charge is 0.379 e. The molecule has 5 rings (SSSR count). The number of nitrogens with zero attached hydrogens (tertiary/aromatic N) is 2. The fraction of sp³-hybridized carbons (Fsp3) is 0.583. The molecule has 0 unspecified atom stereocenters. The molecule has 1 aromatic carbocycles. The zero-order chi connectivity index (χ0) is 23.2. The second-order valence-corrected chi connectivity index (χ2v) is 11.6. The number of carbonyl (C=O) groups excluding carboxylic acids is 1. The normalized spacial score (nSPS) is 24.6. The molecule has 33 heavy (non-hydrogen) atoms. The summed E-state index contributed by atoms with van der Waals surface area (Å²) in [5.74, 6) is 0.514. The van der Waals surface area contributed by atoms with E-state index >= 15 is 0 Å². The van der Waals surface area contributed by atoms with E-state index in [-0.39, 0.29) is 28.4 Å². The predicted octanol–water partition coefficient (Wildman–Crippen LogP) is 2.73. The maximum absolute atomic E-state index is 13.8. The SMILES string of the molecule is CC1CCC(N(C(=O)c2cc(=O)[nH]c3ccc(S(=O)(=O)N4CCOCC4)cc23)C2CC2)CC1. The summed E-state index contributed by atoms with van der Waals surface area (Å²) in [5, 5.41) is 0.476. The van der Waals surface area contributed by atoms with Gasteiger partial charge in [0, 0.05) is 42.1 Å². The first-order valence-electron chi connectivity index (χ1n) is 11.9. The monoisotopic (exact) mass is 473 g/mol. The van der Waals surface area contributed by atoms with Gasteiger partial charge >= 0.3 is 0 Å². The number of benzene rings is 1. The minimum atomic E-state index is -3.72. The summed E-state index contributed by atoms with van der Waals surface area (Å²) in [6.07, 6.45) is 6.10. The Morgan fingerprint density at radius 1 is 1.03 bits per heavy atom. The minimum absolute atomic E-state index is 0.127. The molecular formula is C24H31N3O5S. The first kappa shape index (κ1) is 22.6. The first-order valence-corrected chi connectivity index (χ1v) is 13.4. The zero-order valence-electron chi connectivity index (χ0n) is 19.0. The van der Waals surface area contributed by atoms with E-state index in [1.165, 1.54) is 22.5 Å². The lowest BCUT2D eigenvalue weighted by Gasteiger charge is -2.36. The second kappa shape index (κ2) is 8.85. The molecule has 2 saturated carbocycles. The number of carbonyl (C=O) groups is 1. The Hall–Kier alpha value is -2.23. The van der Waals surface area contributed by atoms with E-state index in [0.717, 1.165) is 38.5 Å². The van der Waals surface area contributed by atoms with Gasteiger partial charge < -0.3 is 14.6 Å². The Morgan fingerprint density at radius 2 is 1.67 bits per heavy atom. The number of rotatable bonds is 5. The summed E-state index contributed by atoms with van der Waals surface area (Å²) < 4.78 is 33.1. The molecule has 3 aliphatic rings. The highest BCUT2D eigenvalue weighted by Gasteiger charge is 2.39. The van der Waals surface area contributed by atoms with Crippen LogP contribution in [0.5, 0.6) is 0 Å². The van der Waals surface area contributed by atoms with Gasteiger partial charge in [0.15, 0.2) is 0 Å². The van der Waals surface area contributed by atoms with Crippen molar-refractivity contribution >= 4 is 26.8 Å². The summed E-state index contributed by atoms with van der Waals surface area (Å²) in [4.78, 5) is 31.1. The predicted molar refractivity (Wildman–Crippen MR) is 125 cm³/mol. The Kier molecular flexibility index (Phi) is 6.05. The molecule has 1 saturated heterocycles. The van der Waals surface area contributed by atoms with Gasteiger partial charge in [-0.05, 0) is 62.6 Å². The van der Waals surface area contributed by atoms with Crippen LogP contribution in [0.15, 0.2) is 34.0 Å². The van der Waals surface area contributed by atoms with Crippen LogP contribution in [-0.2, 0) is 14.8 Å². The number of fused-ring (bicyclic) bond motifs is 1. The molecule has 0 atom stereocenters. The fourth-order valence-electron chi connectivity index (χ4n) is 5.15. The smallest absolute Gasteiger partial charge is 0.255 e. The number of sulfonamides is 1. The highest BCUT2D eigenvalue weighted by molar-refractivity contribution is 7.89. The molecule has 8 nitrogen and oxygen atoms in total. The van der Waals surface area contributed by atoms with Crippen LogP contribution >= 0.6 is 0 Å². The molecule has 1 aromatic heterocycles. The van der Waals surface area contributed by atoms with Gasteiger partial charge in [0.2, 0.25) is 15.6 Å². The quantitative estimate of drug-likeness (QED) is 0.720. The van der Waals surface area contributed by atoms with Crippen LogP contribution in [-0.4, -0.2) is 66.9 Å². The topological polar surface area (TPSA) is 99.8 Å². The Labute approximate surface area is 194 Å². The number of pyridine rings is 1. The maximum Gasteiger partial charge on any atom is 0.255 e. The standard InChI is InChI=1S/C24H31N3O5S/c1-16-2-4-17(5-3-16)27(18-6-7-18)24(29)21-15-23(28)25-22-9-8-19(14-20(21)22)33(30,31)26-10-12-32-13-11-26/h8-9,14-18H,2-7,10-13H2,1H3,(H,25,28). The summed E-state index contributed by atoms with van der Waals surface area (Å²) in [6.45, 7) is 3.57. The number of hydrogen-bond donors (Lipinski definition) is 1. The van der Waals surface area contributed by atoms with Gasteiger partial charge in [-0.2, -0.15) is 4.31 Å². The summed E-state index contributed by atoms with van der Waals surface area (Å²) in [7, 11) is -3.72. The Balaban J connectivity index is 1.55. The zero-order valence-corrected chi connectivity index (χ0v) is 19.8. The van der Waals surface area contributed by atoms with Crippen molar-refractivity contribution < 1.29 is 17.9 Å². The maximum atomic E-state index is 13.8. The summed E-state index contributed by atoms with van der Waals surface area (Å²) >= 11 is 0. The second-order valence-electron chi connectivity index (χ2n) is 9.63. The van der Waals surface area contributed by atoms with E-state index in [4.69, 9.17) is 4.74 Å². The molecule has 0 bridgehead atoms. The van der Waals surface area contributed by atoms with E-state index in [1.54, 1.807) is 6.07 Å². The number of ether oxygens (including phenoxy) is 1. The van der Waals surface area contributed by atoms with Crippen molar-refractivity contribution in [3.05, 3.63) is 40.2 Å². The van der Waals surface area contributed by atoms with Crippen LogP contribution in [0.25, 0.3) is 10.9 Å². The Bertz CT molecular complexity index is 1210. The van der Waals surface area contributed by atoms with Crippen LogP contribution in [0, 0.1) is 5.92 Å². The lowest BCUT2D eigenvalue weighted by atomic mass is 9.86. The highest BCUT2D eigenvalue weighted by Crippen LogP contribution is 2.37. The van der Waals surface area contributed by atoms with Crippen LogP contribution in [0.3, 0.4) is 0 Å². The van der Waals surface area contributed by atoms with Crippen molar-refractivity contribution in [2.24, 2.45) is 5.92 Å². The van der Waals surface area contributed by atoms with Crippen molar-refractivity contribution in [3.63, 3.8) is 0 Å². The number of H-pyrrole nitrogens is 1. The third-order valence-corrected chi connectivity index (χ3v) is 9.10. The van der Waals surface area contributed by atoms with Gasteiger partial charge in [-0.25, -0.2) is 8.42 Å². The van der Waals surface area contributed by atoms with Crippen molar-refractivity contribution in [1.82, 2.24) is 14.2 Å². The number of amides is 1. The fourth-order valence-corrected chi connectivity index (χ4v) is 6.58. The Morgan fingerprint density at radius 3 is 2.30 bits per heavy atom. The van der Waals surface area contributed by atoms with Crippen molar-refractivity contribution in [1.29, 1.82) is 0 Å². The minimum Gasteiger partial charge on any atom is -0.379 e. The van der Waals surface area contributed by atoms with E-state index in [1.807, 2.05) is 4.90 Å². The highest BCUT2D eigenvalue weighted by atomic mass is 32.2. The third kappa shape index (κ3) is 4.46. The molecule has 0 radical (unpaired) electrons. The van der Waals surface area contributed by atoms with E-state index in [9.17, 15) is 18.0 Å². The number of aromatic amines is 1. The van der Waals surface area contributed by atoms with Crippen LogP contribution in [0.1, 0.15) is 55.8 Å². The van der Waals surface area contributed by atoms with E-state index < -0.39 is 10.0 Å². The van der Waals surface area contributed by atoms with Crippen molar-refractivity contribution in [3.8, 4) is 0 Å². The molecule has 178 valence electrons. The molecular weight excluding hydrogens is 442 g/mol. The lowest BCUT2D eigenvalue weighted by Crippen LogP contribution is -2.44. The number of nitrogens with one attached hydrogen (secondary N) is 1. The van der Waals surface area contributed by atoms with Gasteiger partial charge in [-0.3, -0.25) is 9.59 Å². The molecule has 1 N–H and O–H groups in total. The molecule has 1 aliphatic heterocycles. The third-order valence-electron chi connectivity index (χ3n) is 7.21. The number of morpholine rings is 1. The summed E-state index contributed by atoms with van der Waals surface area (Å²) in [6, 6.07) is 6.35. The van der Waals surface area contributed by atoms with Gasteiger partial charge in [0.05, 0.1) is 23.7 Å². The molecule has 9 heteroatoms. The average molecular weight is 474 g/mol. The van der Waals surface area contributed by atoms with E-state index in [2.05, 4.69) is 11.9 Å². The van der Waals surface area contributed by atoms with E-state index in [0.29, 0.717) is 48.7 Å². The molecule has 2 heterocycles. The van der Waals surface area contributed by atoms with Crippen LogP contribution in [0.2, 0.25) is 0 Å². The molecule has 2 aliphatic carbocycles. The van der Waals surface area contributed by atoms with Crippen LogP contribution in [0.4, 0.5) is 0 Å². The van der Waals surface area contributed by atoms with Gasteiger partial charge in [-0.15, -0.1) is 0 Å². The van der Waals surface area contributed by atoms with Gasteiger partial charge in [-0.1, -0.05) is 6.92 Å². The molecule has 3 fully saturated rings. The molecule has 2 aromatic rings. The molecule has 0 spiro atoms.